The quantitative estimate of drug-likeness (QED) is 0.845. The number of carbonyl (C=O) groups excluding carboxylic acids is 1. The molecule has 2 rings (SSSR count). The average Bonchev–Trinajstić information content (AvgIpc) is 2.34. The van der Waals surface area contributed by atoms with Crippen molar-refractivity contribution < 1.29 is 14.7 Å². The molecule has 0 aromatic heterocycles. The van der Waals surface area contributed by atoms with Gasteiger partial charge in [0.25, 0.3) is 0 Å². The minimum Gasteiger partial charge on any atom is -0.481 e. The number of amides is 1. The maximum atomic E-state index is 12.1. The molecule has 0 aliphatic heterocycles. The average molecular weight is 324 g/mol. The molecule has 1 aromatic carbocycles. The van der Waals surface area contributed by atoms with Gasteiger partial charge in [0.05, 0.1) is 11.8 Å². The van der Waals surface area contributed by atoms with Gasteiger partial charge in [0.1, 0.15) is 0 Å². The lowest BCUT2D eigenvalue weighted by Gasteiger charge is -2.33. The molecule has 4 nitrogen and oxygen atoms in total. The number of benzene rings is 1. The highest BCUT2D eigenvalue weighted by Gasteiger charge is 2.41. The molecule has 22 heavy (non-hydrogen) atoms. The minimum atomic E-state index is -0.871. The summed E-state index contributed by atoms with van der Waals surface area (Å²) in [5.74, 6) is -1.90. The lowest BCUT2D eigenvalue weighted by atomic mass is 9.73. The van der Waals surface area contributed by atoms with E-state index >= 15 is 0 Å². The molecule has 1 aliphatic carbocycles. The van der Waals surface area contributed by atoms with Gasteiger partial charge in [0, 0.05) is 11.6 Å². The largest absolute Gasteiger partial charge is 0.481 e. The van der Waals surface area contributed by atoms with Gasteiger partial charge in [-0.1, -0.05) is 37.6 Å². The van der Waals surface area contributed by atoms with E-state index in [1.165, 1.54) is 0 Å². The predicted molar refractivity (Wildman–Crippen MR) is 85.8 cm³/mol. The third-order valence-electron chi connectivity index (χ3n) is 4.24. The van der Waals surface area contributed by atoms with Crippen LogP contribution in [0.2, 0.25) is 5.02 Å². The SMILES string of the molecule is CC(C)(CNC(=O)C1CCC1C(=O)O)Cc1cccc(Cl)c1. The monoisotopic (exact) mass is 323 g/mol. The molecule has 0 radical (unpaired) electrons. The highest BCUT2D eigenvalue weighted by Crippen LogP contribution is 2.34. The molecule has 0 saturated heterocycles. The second-order valence-corrected chi connectivity index (χ2v) is 7.25. The van der Waals surface area contributed by atoms with Crippen LogP contribution in [0.1, 0.15) is 32.3 Å². The van der Waals surface area contributed by atoms with Gasteiger partial charge < -0.3 is 10.4 Å². The molecule has 1 amide bonds. The van der Waals surface area contributed by atoms with Gasteiger partial charge in [0.15, 0.2) is 0 Å². The van der Waals surface area contributed by atoms with E-state index in [-0.39, 0.29) is 17.2 Å². The number of nitrogens with one attached hydrogen (secondary N) is 1. The fourth-order valence-electron chi connectivity index (χ4n) is 2.83. The molecule has 1 aromatic rings. The number of rotatable bonds is 6. The van der Waals surface area contributed by atoms with Crippen LogP contribution >= 0.6 is 11.6 Å². The Bertz CT molecular complexity index is 571. The molecule has 2 unspecified atom stereocenters. The molecular formula is C17H22ClNO3. The molecule has 1 aliphatic rings. The minimum absolute atomic E-state index is 0.122. The van der Waals surface area contributed by atoms with Crippen LogP contribution < -0.4 is 5.32 Å². The highest BCUT2D eigenvalue weighted by atomic mass is 35.5. The zero-order chi connectivity index (χ0) is 16.3. The third-order valence-corrected chi connectivity index (χ3v) is 4.48. The van der Waals surface area contributed by atoms with Crippen LogP contribution in [0, 0.1) is 17.3 Å². The number of carboxylic acid groups (broad SMARTS) is 1. The van der Waals surface area contributed by atoms with Crippen LogP contribution in [0.4, 0.5) is 0 Å². The third kappa shape index (κ3) is 4.23. The molecule has 0 spiro atoms. The summed E-state index contributed by atoms with van der Waals surface area (Å²) in [5.41, 5.74) is 1.00. The lowest BCUT2D eigenvalue weighted by Crippen LogP contribution is -2.46. The van der Waals surface area contributed by atoms with Gasteiger partial charge in [-0.15, -0.1) is 0 Å². The summed E-state index contributed by atoms with van der Waals surface area (Å²) in [7, 11) is 0. The van der Waals surface area contributed by atoms with Gasteiger partial charge in [-0.2, -0.15) is 0 Å². The van der Waals surface area contributed by atoms with Crippen LogP contribution in [0.25, 0.3) is 0 Å². The highest BCUT2D eigenvalue weighted by molar-refractivity contribution is 6.30. The Kier molecular flexibility index (Phi) is 5.12. The number of halogens is 1. The standard InChI is InChI=1S/C17H22ClNO3/c1-17(2,9-11-4-3-5-12(18)8-11)10-19-15(20)13-6-7-14(13)16(21)22/h3-5,8,13-14H,6-7,9-10H2,1-2H3,(H,19,20)(H,21,22). The summed E-state index contributed by atoms with van der Waals surface area (Å²) in [6.45, 7) is 4.66. The second-order valence-electron chi connectivity index (χ2n) is 6.82. The van der Waals surface area contributed by atoms with Gasteiger partial charge in [0.2, 0.25) is 5.91 Å². The van der Waals surface area contributed by atoms with E-state index < -0.39 is 11.9 Å². The number of hydrogen-bond acceptors (Lipinski definition) is 2. The van der Waals surface area contributed by atoms with E-state index in [0.29, 0.717) is 24.4 Å². The van der Waals surface area contributed by atoms with Crippen LogP contribution in [0.15, 0.2) is 24.3 Å². The van der Waals surface area contributed by atoms with E-state index in [2.05, 4.69) is 19.2 Å². The Labute approximate surface area is 135 Å². The molecule has 120 valence electrons. The van der Waals surface area contributed by atoms with Crippen LogP contribution in [0.5, 0.6) is 0 Å². The van der Waals surface area contributed by atoms with Gasteiger partial charge in [-0.3, -0.25) is 9.59 Å². The lowest BCUT2D eigenvalue weighted by molar-refractivity contribution is -0.152. The molecule has 5 heteroatoms. The molecule has 1 saturated carbocycles. The van der Waals surface area contributed by atoms with Crippen LogP contribution in [-0.4, -0.2) is 23.5 Å². The van der Waals surface area contributed by atoms with Gasteiger partial charge >= 0.3 is 5.97 Å². The van der Waals surface area contributed by atoms with E-state index in [0.717, 1.165) is 12.0 Å². The van der Waals surface area contributed by atoms with Crippen molar-refractivity contribution in [1.82, 2.24) is 5.32 Å². The van der Waals surface area contributed by atoms with Gasteiger partial charge in [-0.05, 0) is 42.4 Å². The first-order chi connectivity index (χ1) is 10.3. The van der Waals surface area contributed by atoms with Crippen molar-refractivity contribution in [2.75, 3.05) is 6.54 Å². The topological polar surface area (TPSA) is 66.4 Å². The first-order valence-electron chi connectivity index (χ1n) is 7.53. The summed E-state index contributed by atoms with van der Waals surface area (Å²) in [5, 5.41) is 12.6. The maximum absolute atomic E-state index is 12.1. The molecule has 0 bridgehead atoms. The van der Waals surface area contributed by atoms with Crippen LogP contribution in [-0.2, 0) is 16.0 Å². The van der Waals surface area contributed by atoms with Crippen LogP contribution in [0.3, 0.4) is 0 Å². The summed E-state index contributed by atoms with van der Waals surface area (Å²) in [4.78, 5) is 23.1. The van der Waals surface area contributed by atoms with Crippen molar-refractivity contribution in [2.45, 2.75) is 33.1 Å². The van der Waals surface area contributed by atoms with Crippen molar-refractivity contribution in [3.8, 4) is 0 Å². The zero-order valence-electron chi connectivity index (χ0n) is 12.9. The van der Waals surface area contributed by atoms with Crippen molar-refractivity contribution in [3.63, 3.8) is 0 Å². The number of aliphatic carboxylic acids is 1. The summed E-state index contributed by atoms with van der Waals surface area (Å²) >= 11 is 5.99. The van der Waals surface area contributed by atoms with Crippen molar-refractivity contribution in [2.24, 2.45) is 17.3 Å². The first-order valence-corrected chi connectivity index (χ1v) is 7.91. The number of hydrogen-bond donors (Lipinski definition) is 2. The first kappa shape index (κ1) is 16.8. The number of carboxylic acids is 1. The zero-order valence-corrected chi connectivity index (χ0v) is 13.7. The second kappa shape index (κ2) is 6.69. The molecular weight excluding hydrogens is 302 g/mol. The molecule has 1 fully saturated rings. The Hall–Kier alpha value is -1.55. The van der Waals surface area contributed by atoms with E-state index in [1.807, 2.05) is 24.3 Å². The summed E-state index contributed by atoms with van der Waals surface area (Å²) in [6, 6.07) is 7.69. The summed E-state index contributed by atoms with van der Waals surface area (Å²) in [6.07, 6.45) is 2.05. The Morgan fingerprint density at radius 1 is 1.32 bits per heavy atom. The number of carbonyl (C=O) groups is 2. The predicted octanol–water partition coefficient (Wildman–Crippen LogP) is 3.14. The molecule has 2 N–H and O–H groups in total. The molecule has 2 atom stereocenters. The Morgan fingerprint density at radius 2 is 2.00 bits per heavy atom. The Balaban J connectivity index is 1.87. The van der Waals surface area contributed by atoms with Crippen molar-refractivity contribution in [1.29, 1.82) is 0 Å². The van der Waals surface area contributed by atoms with Crippen molar-refractivity contribution >= 4 is 23.5 Å². The normalized spacial score (nSPS) is 21.0. The van der Waals surface area contributed by atoms with E-state index in [9.17, 15) is 9.59 Å². The fourth-order valence-corrected chi connectivity index (χ4v) is 3.04. The molecule has 0 heterocycles. The van der Waals surface area contributed by atoms with E-state index in [4.69, 9.17) is 16.7 Å². The Morgan fingerprint density at radius 3 is 2.55 bits per heavy atom. The van der Waals surface area contributed by atoms with Crippen molar-refractivity contribution in [3.05, 3.63) is 34.9 Å². The smallest absolute Gasteiger partial charge is 0.307 e. The summed E-state index contributed by atoms with van der Waals surface area (Å²) < 4.78 is 0. The maximum Gasteiger partial charge on any atom is 0.307 e. The fraction of sp³-hybridized carbons (Fsp3) is 0.529. The van der Waals surface area contributed by atoms with E-state index in [1.54, 1.807) is 0 Å². The van der Waals surface area contributed by atoms with Gasteiger partial charge in [-0.25, -0.2) is 0 Å².